The number of nitrogens with one attached hydrogen (secondary N) is 1. The van der Waals surface area contributed by atoms with E-state index >= 15 is 0 Å². The Balaban J connectivity index is 1.41. The number of carbonyl (C=O) groups is 1. The SMILES string of the molecule is O=C(NN=Cc1cc(Cl)c2ncccc2c1)[C@H]1CC1c1cccc(Cl)c1. The van der Waals surface area contributed by atoms with Gasteiger partial charge in [0.25, 0.3) is 0 Å². The van der Waals surface area contributed by atoms with Crippen molar-refractivity contribution < 1.29 is 4.79 Å². The number of hydrogen-bond donors (Lipinski definition) is 1. The van der Waals surface area contributed by atoms with Crippen LogP contribution in [-0.4, -0.2) is 17.1 Å². The quantitative estimate of drug-likeness (QED) is 0.519. The first-order chi connectivity index (χ1) is 12.6. The number of aromatic nitrogens is 1. The van der Waals surface area contributed by atoms with Crippen LogP contribution in [0.2, 0.25) is 10.0 Å². The lowest BCUT2D eigenvalue weighted by atomic mass is 10.1. The minimum absolute atomic E-state index is 0.0602. The second-order valence-electron chi connectivity index (χ2n) is 6.32. The fourth-order valence-corrected chi connectivity index (χ4v) is 3.57. The second-order valence-corrected chi connectivity index (χ2v) is 7.16. The molecule has 1 unspecified atom stereocenters. The van der Waals surface area contributed by atoms with E-state index in [4.69, 9.17) is 23.2 Å². The van der Waals surface area contributed by atoms with Crippen molar-refractivity contribution in [1.82, 2.24) is 10.4 Å². The summed E-state index contributed by atoms with van der Waals surface area (Å²) >= 11 is 12.3. The van der Waals surface area contributed by atoms with E-state index in [0.717, 1.165) is 28.5 Å². The average Bonchev–Trinajstić information content (AvgIpc) is 3.43. The van der Waals surface area contributed by atoms with Gasteiger partial charge in [-0.1, -0.05) is 41.4 Å². The lowest BCUT2D eigenvalue weighted by Crippen LogP contribution is -2.20. The van der Waals surface area contributed by atoms with Crippen molar-refractivity contribution in [3.05, 3.63) is 75.9 Å². The molecule has 2 atom stereocenters. The molecule has 1 heterocycles. The number of rotatable bonds is 4. The number of amides is 1. The maximum atomic E-state index is 12.2. The first-order valence-corrected chi connectivity index (χ1v) is 9.00. The van der Waals surface area contributed by atoms with Crippen LogP contribution in [0.1, 0.15) is 23.5 Å². The van der Waals surface area contributed by atoms with Crippen LogP contribution in [0.5, 0.6) is 0 Å². The van der Waals surface area contributed by atoms with E-state index in [9.17, 15) is 4.79 Å². The summed E-state index contributed by atoms with van der Waals surface area (Å²) in [6, 6.07) is 15.1. The number of hydrogen-bond acceptors (Lipinski definition) is 3. The molecule has 6 heteroatoms. The lowest BCUT2D eigenvalue weighted by Gasteiger charge is -2.02. The third-order valence-electron chi connectivity index (χ3n) is 4.47. The molecule has 0 saturated heterocycles. The monoisotopic (exact) mass is 383 g/mol. The molecule has 1 saturated carbocycles. The highest BCUT2D eigenvalue weighted by Gasteiger charge is 2.43. The topological polar surface area (TPSA) is 54.4 Å². The molecule has 4 nitrogen and oxygen atoms in total. The van der Waals surface area contributed by atoms with Crippen LogP contribution in [0.25, 0.3) is 10.9 Å². The van der Waals surface area contributed by atoms with E-state index in [1.54, 1.807) is 18.5 Å². The fourth-order valence-electron chi connectivity index (χ4n) is 3.09. The Kier molecular flexibility index (Phi) is 4.62. The van der Waals surface area contributed by atoms with E-state index in [1.807, 2.05) is 42.5 Å². The van der Waals surface area contributed by atoms with Gasteiger partial charge in [0.2, 0.25) is 5.91 Å². The van der Waals surface area contributed by atoms with Crippen LogP contribution in [0.15, 0.2) is 59.8 Å². The number of benzene rings is 2. The number of fused-ring (bicyclic) bond motifs is 1. The molecule has 0 aliphatic heterocycles. The van der Waals surface area contributed by atoms with Gasteiger partial charge >= 0.3 is 0 Å². The zero-order valence-electron chi connectivity index (χ0n) is 13.7. The third kappa shape index (κ3) is 3.57. The summed E-state index contributed by atoms with van der Waals surface area (Å²) in [7, 11) is 0. The summed E-state index contributed by atoms with van der Waals surface area (Å²) in [5.74, 6) is 0.0693. The van der Waals surface area contributed by atoms with E-state index in [2.05, 4.69) is 15.5 Å². The standard InChI is InChI=1S/C20H15Cl2N3O/c21-15-5-1-3-13(9-15)16-10-17(16)20(26)25-24-11-12-7-14-4-2-6-23-19(14)18(22)8-12/h1-9,11,16-17H,10H2,(H,25,26)/t16?,17-/m0/s1. The van der Waals surface area contributed by atoms with Crippen LogP contribution < -0.4 is 5.43 Å². The summed E-state index contributed by atoms with van der Waals surface area (Å²) in [6.07, 6.45) is 4.11. The summed E-state index contributed by atoms with van der Waals surface area (Å²) in [5, 5.41) is 6.24. The van der Waals surface area contributed by atoms with Crippen LogP contribution in [0, 0.1) is 5.92 Å². The van der Waals surface area contributed by atoms with Crippen molar-refractivity contribution in [3.8, 4) is 0 Å². The van der Waals surface area contributed by atoms with Gasteiger partial charge in [0.15, 0.2) is 0 Å². The maximum Gasteiger partial charge on any atom is 0.243 e. The number of pyridine rings is 1. The van der Waals surface area contributed by atoms with Crippen LogP contribution in [-0.2, 0) is 4.79 Å². The van der Waals surface area contributed by atoms with Gasteiger partial charge in [0, 0.05) is 22.5 Å². The Hall–Kier alpha value is -2.43. The van der Waals surface area contributed by atoms with Gasteiger partial charge in [0.1, 0.15) is 0 Å². The van der Waals surface area contributed by atoms with Gasteiger partial charge < -0.3 is 0 Å². The lowest BCUT2D eigenvalue weighted by molar-refractivity contribution is -0.122. The van der Waals surface area contributed by atoms with Crippen LogP contribution in [0.3, 0.4) is 0 Å². The highest BCUT2D eigenvalue weighted by molar-refractivity contribution is 6.35. The highest BCUT2D eigenvalue weighted by Crippen LogP contribution is 2.47. The highest BCUT2D eigenvalue weighted by atomic mass is 35.5. The van der Waals surface area contributed by atoms with Gasteiger partial charge in [0.05, 0.1) is 16.8 Å². The molecule has 1 aliphatic carbocycles. The van der Waals surface area contributed by atoms with E-state index in [0.29, 0.717) is 10.0 Å². The number of hydrazone groups is 1. The molecule has 1 fully saturated rings. The van der Waals surface area contributed by atoms with Crippen LogP contribution >= 0.6 is 23.2 Å². The molecule has 4 rings (SSSR count). The van der Waals surface area contributed by atoms with E-state index in [1.165, 1.54) is 0 Å². The van der Waals surface area contributed by atoms with Gasteiger partial charge in [-0.15, -0.1) is 0 Å². The van der Waals surface area contributed by atoms with Crippen molar-refractivity contribution in [1.29, 1.82) is 0 Å². The van der Waals surface area contributed by atoms with Gasteiger partial charge in [-0.05, 0) is 53.8 Å². The molecule has 1 amide bonds. The first-order valence-electron chi connectivity index (χ1n) is 8.24. The van der Waals surface area contributed by atoms with Crippen molar-refractivity contribution in [2.45, 2.75) is 12.3 Å². The fraction of sp³-hybridized carbons (Fsp3) is 0.150. The molecule has 0 bridgehead atoms. The van der Waals surface area contributed by atoms with E-state index < -0.39 is 0 Å². The molecule has 2 aromatic carbocycles. The summed E-state index contributed by atoms with van der Waals surface area (Å²) in [6.45, 7) is 0. The summed E-state index contributed by atoms with van der Waals surface area (Å²) in [4.78, 5) is 16.5. The molecule has 1 aromatic heterocycles. The Morgan fingerprint density at radius 3 is 2.92 bits per heavy atom. The van der Waals surface area contributed by atoms with Gasteiger partial charge in [-0.25, -0.2) is 5.43 Å². The van der Waals surface area contributed by atoms with Crippen molar-refractivity contribution >= 4 is 46.2 Å². The zero-order valence-corrected chi connectivity index (χ0v) is 15.2. The van der Waals surface area contributed by atoms with Crippen molar-refractivity contribution in [3.63, 3.8) is 0 Å². The van der Waals surface area contributed by atoms with Crippen LogP contribution in [0.4, 0.5) is 0 Å². The number of halogens is 2. The first kappa shape index (κ1) is 17.0. The molecule has 0 spiro atoms. The molecular weight excluding hydrogens is 369 g/mol. The zero-order chi connectivity index (χ0) is 18.1. The molecule has 1 N–H and O–H groups in total. The largest absolute Gasteiger partial charge is 0.273 e. The van der Waals surface area contributed by atoms with Crippen molar-refractivity contribution in [2.75, 3.05) is 0 Å². The Morgan fingerprint density at radius 2 is 2.08 bits per heavy atom. The average molecular weight is 384 g/mol. The number of carbonyl (C=O) groups excluding carboxylic acids is 1. The molecule has 26 heavy (non-hydrogen) atoms. The minimum atomic E-state index is -0.0835. The summed E-state index contributed by atoms with van der Waals surface area (Å²) in [5.41, 5.74) is 5.26. The Bertz CT molecular complexity index is 1020. The maximum absolute atomic E-state index is 12.2. The molecule has 0 radical (unpaired) electrons. The predicted octanol–water partition coefficient (Wildman–Crippen LogP) is 4.80. The van der Waals surface area contributed by atoms with Crippen molar-refractivity contribution in [2.24, 2.45) is 11.0 Å². The second kappa shape index (κ2) is 7.06. The minimum Gasteiger partial charge on any atom is -0.273 e. The van der Waals surface area contributed by atoms with Gasteiger partial charge in [-0.2, -0.15) is 5.10 Å². The molecule has 3 aromatic rings. The predicted molar refractivity (Wildman–Crippen MR) is 105 cm³/mol. The molecular formula is C20H15Cl2N3O. The Morgan fingerprint density at radius 1 is 1.19 bits per heavy atom. The molecule has 1 aliphatic rings. The smallest absolute Gasteiger partial charge is 0.243 e. The Labute approximate surface area is 160 Å². The normalized spacial score (nSPS) is 19.0. The van der Waals surface area contributed by atoms with E-state index in [-0.39, 0.29) is 17.7 Å². The number of nitrogens with zero attached hydrogens (tertiary/aromatic N) is 2. The van der Waals surface area contributed by atoms with Gasteiger partial charge in [-0.3, -0.25) is 9.78 Å². The molecule has 130 valence electrons. The third-order valence-corrected chi connectivity index (χ3v) is 5.00. The summed E-state index contributed by atoms with van der Waals surface area (Å²) < 4.78 is 0.